The summed E-state index contributed by atoms with van der Waals surface area (Å²) in [6.45, 7) is 5.72. The van der Waals surface area contributed by atoms with Gasteiger partial charge in [-0.25, -0.2) is 5.01 Å². The lowest BCUT2D eigenvalue weighted by Gasteiger charge is -2.10. The monoisotopic (exact) mass is 493 g/mol. The number of Topliss-reactive ketones (excluding diaryl/α,β-unsaturated/α-hetero) is 1. The van der Waals surface area contributed by atoms with E-state index in [2.05, 4.69) is 14.6 Å². The first kappa shape index (κ1) is 28.9. The smallest absolute Gasteiger partial charge is 0.313 e. The number of nitro groups is 1. The summed E-state index contributed by atoms with van der Waals surface area (Å²) in [5.41, 5.74) is 0.766. The third-order valence-electron chi connectivity index (χ3n) is 4.09. The summed E-state index contributed by atoms with van der Waals surface area (Å²) in [6, 6.07) is 5.46. The molecule has 0 saturated carbocycles. The van der Waals surface area contributed by atoms with Gasteiger partial charge >= 0.3 is 17.9 Å². The zero-order chi connectivity index (χ0) is 26.4. The molecule has 0 saturated heterocycles. The number of carbonyl (C=O) groups excluding carboxylic acids is 5. The minimum Gasteiger partial charge on any atom is -0.466 e. The lowest BCUT2D eigenvalue weighted by Crippen LogP contribution is -2.19. The normalized spacial score (nSPS) is 12.1. The van der Waals surface area contributed by atoms with E-state index in [1.165, 1.54) is 24.3 Å². The van der Waals surface area contributed by atoms with Crippen LogP contribution in [-0.4, -0.2) is 60.1 Å². The van der Waals surface area contributed by atoms with E-state index in [1.807, 2.05) is 0 Å². The Balaban J connectivity index is 0.000000383. The van der Waals surface area contributed by atoms with Gasteiger partial charge in [-0.1, -0.05) is 0 Å². The Morgan fingerprint density at radius 3 is 1.86 bits per heavy atom. The fraction of sp³-hybridized carbons (Fsp3) is 0.455. The summed E-state index contributed by atoms with van der Waals surface area (Å²) < 4.78 is 13.9. The molecule has 1 aliphatic heterocycles. The molecule has 0 aromatic heterocycles. The molecular formula is C22H27N3O10. The first-order valence-corrected chi connectivity index (χ1v) is 10.7. The Hall–Kier alpha value is -4.16. The third-order valence-corrected chi connectivity index (χ3v) is 4.09. The Labute approximate surface area is 201 Å². The molecule has 0 aliphatic carbocycles. The molecule has 0 unspecified atom stereocenters. The Kier molecular flexibility index (Phi) is 12.3. The number of amides is 1. The van der Waals surface area contributed by atoms with Gasteiger partial charge in [-0.2, -0.15) is 5.10 Å². The maximum absolute atomic E-state index is 11.9. The van der Waals surface area contributed by atoms with Crippen molar-refractivity contribution in [2.24, 2.45) is 5.10 Å². The highest BCUT2D eigenvalue weighted by atomic mass is 16.6. The molecule has 0 spiro atoms. The van der Waals surface area contributed by atoms with E-state index in [9.17, 15) is 34.1 Å². The number of esters is 3. The standard InChI is InChI=1S/C13H13N3O5.C9H14O5/c1-2-21-13(18)8-9-7-12(17)15(14-9)10-3-5-11(6-4-10)16(19)20;1-3-13-8(11)5-7(10)6-9(12)14-4-2/h3-6H,2,7-8H2,1H3;3-6H2,1-2H3. The zero-order valence-electron chi connectivity index (χ0n) is 19.7. The Morgan fingerprint density at radius 1 is 0.914 bits per heavy atom. The van der Waals surface area contributed by atoms with Crippen molar-refractivity contribution in [2.45, 2.75) is 46.5 Å². The average molecular weight is 493 g/mol. The van der Waals surface area contributed by atoms with Crippen LogP contribution in [0.4, 0.5) is 11.4 Å². The SMILES string of the molecule is CCOC(=O)CC(=O)CC(=O)OCC.CCOC(=O)CC1=NN(c2ccc([N+](=O)[O-])cc2)C(=O)C1. The second-order valence-electron chi connectivity index (χ2n) is 6.81. The molecule has 0 fully saturated rings. The van der Waals surface area contributed by atoms with Crippen molar-refractivity contribution in [3.8, 4) is 0 Å². The highest BCUT2D eigenvalue weighted by molar-refractivity contribution is 6.16. The second-order valence-corrected chi connectivity index (χ2v) is 6.81. The predicted octanol–water partition coefficient (Wildman–Crippen LogP) is 2.10. The lowest BCUT2D eigenvalue weighted by molar-refractivity contribution is -0.384. The largest absolute Gasteiger partial charge is 0.466 e. The zero-order valence-corrected chi connectivity index (χ0v) is 19.7. The number of carbonyl (C=O) groups is 5. The van der Waals surface area contributed by atoms with Crippen LogP contribution >= 0.6 is 0 Å². The van der Waals surface area contributed by atoms with Crippen molar-refractivity contribution in [3.05, 3.63) is 34.4 Å². The van der Waals surface area contributed by atoms with Gasteiger partial charge in [0.1, 0.15) is 12.8 Å². The minimum atomic E-state index is -0.609. The van der Waals surface area contributed by atoms with Gasteiger partial charge in [-0.05, 0) is 32.9 Å². The fourth-order valence-electron chi connectivity index (χ4n) is 2.68. The quantitative estimate of drug-likeness (QED) is 0.146. The van der Waals surface area contributed by atoms with Gasteiger partial charge in [0.25, 0.3) is 11.6 Å². The molecule has 190 valence electrons. The van der Waals surface area contributed by atoms with Crippen molar-refractivity contribution in [3.63, 3.8) is 0 Å². The van der Waals surface area contributed by atoms with Gasteiger partial charge in [-0.15, -0.1) is 0 Å². The number of nitrogens with zero attached hydrogens (tertiary/aromatic N) is 3. The number of ketones is 1. The fourth-order valence-corrected chi connectivity index (χ4v) is 2.68. The van der Waals surface area contributed by atoms with Crippen LogP contribution in [0.5, 0.6) is 0 Å². The van der Waals surface area contributed by atoms with E-state index in [-0.39, 0.29) is 57.1 Å². The van der Waals surface area contributed by atoms with E-state index in [1.54, 1.807) is 20.8 Å². The molecule has 0 radical (unpaired) electrons. The molecule has 1 heterocycles. The number of hydrogen-bond donors (Lipinski definition) is 0. The molecule has 35 heavy (non-hydrogen) atoms. The maximum Gasteiger partial charge on any atom is 0.313 e. The molecule has 1 aliphatic rings. The van der Waals surface area contributed by atoms with Crippen LogP contribution in [0.25, 0.3) is 0 Å². The van der Waals surface area contributed by atoms with Gasteiger partial charge in [0.2, 0.25) is 0 Å². The summed E-state index contributed by atoms with van der Waals surface area (Å²) >= 11 is 0. The van der Waals surface area contributed by atoms with Crippen LogP contribution in [0.1, 0.15) is 46.5 Å². The summed E-state index contributed by atoms with van der Waals surface area (Å²) in [7, 11) is 0. The molecule has 1 aromatic carbocycles. The number of anilines is 1. The summed E-state index contributed by atoms with van der Waals surface area (Å²) in [5, 5.41) is 15.8. The number of hydrogen-bond acceptors (Lipinski definition) is 11. The van der Waals surface area contributed by atoms with Crippen molar-refractivity contribution >= 4 is 46.7 Å². The van der Waals surface area contributed by atoms with Gasteiger partial charge < -0.3 is 14.2 Å². The predicted molar refractivity (Wildman–Crippen MR) is 121 cm³/mol. The number of benzene rings is 1. The first-order valence-electron chi connectivity index (χ1n) is 10.7. The van der Waals surface area contributed by atoms with Crippen LogP contribution in [-0.2, 0) is 38.2 Å². The molecule has 13 nitrogen and oxygen atoms in total. The molecule has 2 rings (SSSR count). The van der Waals surface area contributed by atoms with Crippen molar-refractivity contribution in [1.82, 2.24) is 0 Å². The Morgan fingerprint density at radius 2 is 1.40 bits per heavy atom. The molecule has 0 bridgehead atoms. The van der Waals surface area contributed by atoms with E-state index in [0.717, 1.165) is 5.01 Å². The van der Waals surface area contributed by atoms with Gasteiger partial charge in [0.15, 0.2) is 5.78 Å². The summed E-state index contributed by atoms with van der Waals surface area (Å²) in [4.78, 5) is 65.9. The van der Waals surface area contributed by atoms with Crippen LogP contribution < -0.4 is 5.01 Å². The number of rotatable bonds is 11. The van der Waals surface area contributed by atoms with Crippen LogP contribution in [0.15, 0.2) is 29.4 Å². The van der Waals surface area contributed by atoms with Gasteiger partial charge in [0.05, 0.1) is 49.0 Å². The molecule has 0 N–H and O–H groups in total. The third kappa shape index (κ3) is 10.5. The van der Waals surface area contributed by atoms with E-state index in [4.69, 9.17) is 4.74 Å². The Bertz CT molecular complexity index is 950. The lowest BCUT2D eigenvalue weighted by atomic mass is 10.2. The number of hydrazone groups is 1. The number of ether oxygens (including phenoxy) is 3. The van der Waals surface area contributed by atoms with Crippen LogP contribution in [0.2, 0.25) is 0 Å². The van der Waals surface area contributed by atoms with Crippen molar-refractivity contribution < 1.29 is 43.1 Å². The second kappa shape index (κ2) is 14.9. The highest BCUT2D eigenvalue weighted by Gasteiger charge is 2.27. The van der Waals surface area contributed by atoms with E-state index < -0.39 is 28.6 Å². The summed E-state index contributed by atoms with van der Waals surface area (Å²) in [6.07, 6.45) is -0.738. The van der Waals surface area contributed by atoms with E-state index in [0.29, 0.717) is 11.4 Å². The first-order chi connectivity index (χ1) is 16.6. The molecule has 13 heteroatoms. The molecule has 1 amide bonds. The van der Waals surface area contributed by atoms with Crippen molar-refractivity contribution in [1.29, 1.82) is 0 Å². The number of non-ortho nitro benzene ring substituents is 1. The summed E-state index contributed by atoms with van der Waals surface area (Å²) in [5.74, 6) is -2.43. The topological polar surface area (TPSA) is 172 Å². The molecular weight excluding hydrogens is 466 g/mol. The number of nitro benzene ring substituents is 1. The van der Waals surface area contributed by atoms with Gasteiger partial charge in [-0.3, -0.25) is 34.1 Å². The maximum atomic E-state index is 11.9. The minimum absolute atomic E-state index is 0.0375. The van der Waals surface area contributed by atoms with Crippen LogP contribution in [0, 0.1) is 10.1 Å². The van der Waals surface area contributed by atoms with E-state index >= 15 is 0 Å². The molecule has 0 atom stereocenters. The van der Waals surface area contributed by atoms with Gasteiger partial charge in [0, 0.05) is 12.1 Å². The highest BCUT2D eigenvalue weighted by Crippen LogP contribution is 2.24. The van der Waals surface area contributed by atoms with Crippen LogP contribution in [0.3, 0.4) is 0 Å². The van der Waals surface area contributed by atoms with Crippen molar-refractivity contribution in [2.75, 3.05) is 24.8 Å². The molecule has 1 aromatic rings. The average Bonchev–Trinajstić information content (AvgIpc) is 3.14.